The summed E-state index contributed by atoms with van der Waals surface area (Å²) in [4.78, 5) is 36.4. The molecule has 1 aliphatic heterocycles. The molecule has 1 N–H and O–H groups in total. The van der Waals surface area contributed by atoms with Gasteiger partial charge in [-0.1, -0.05) is 12.1 Å². The molecule has 1 aliphatic rings. The van der Waals surface area contributed by atoms with Gasteiger partial charge in [-0.3, -0.25) is 10.1 Å². The smallest absolute Gasteiger partial charge is 0.338 e. The van der Waals surface area contributed by atoms with Gasteiger partial charge in [-0.15, -0.1) is 0 Å². The third-order valence-electron chi connectivity index (χ3n) is 3.91. The lowest BCUT2D eigenvalue weighted by atomic mass is 9.95. The Bertz CT molecular complexity index is 730. The zero-order chi connectivity index (χ0) is 18.6. The van der Waals surface area contributed by atoms with Crippen molar-refractivity contribution < 1.29 is 24.0 Å². The maximum atomic E-state index is 12.5. The van der Waals surface area contributed by atoms with Crippen molar-refractivity contribution in [1.82, 2.24) is 10.2 Å². The lowest BCUT2D eigenvalue weighted by molar-refractivity contribution is -0.384. The lowest BCUT2D eigenvalue weighted by Crippen LogP contribution is -2.46. The molecule has 0 saturated heterocycles. The highest BCUT2D eigenvalue weighted by atomic mass is 16.6. The molecule has 0 aromatic heterocycles. The minimum Gasteiger partial charge on any atom is -0.460 e. The number of amides is 2. The molecule has 1 atom stereocenters. The van der Waals surface area contributed by atoms with Crippen LogP contribution >= 0.6 is 0 Å². The first-order valence-electron chi connectivity index (χ1n) is 7.52. The van der Waals surface area contributed by atoms with E-state index in [4.69, 9.17) is 9.47 Å². The summed E-state index contributed by atoms with van der Waals surface area (Å²) in [6, 6.07) is 4.53. The number of allylic oxidation sites excluding steroid dienone is 1. The molecule has 2 amide bonds. The third kappa shape index (κ3) is 3.94. The van der Waals surface area contributed by atoms with Crippen molar-refractivity contribution in [2.24, 2.45) is 0 Å². The molecule has 0 saturated carbocycles. The molecule has 1 heterocycles. The van der Waals surface area contributed by atoms with E-state index in [0.29, 0.717) is 11.3 Å². The molecule has 2 rings (SSSR count). The summed E-state index contributed by atoms with van der Waals surface area (Å²) in [6.45, 7) is 1.92. The number of esters is 1. The number of benzene rings is 1. The molecule has 1 aromatic rings. The molecule has 0 unspecified atom stereocenters. The predicted molar refractivity (Wildman–Crippen MR) is 87.7 cm³/mol. The number of hydrogen-bond donors (Lipinski definition) is 1. The van der Waals surface area contributed by atoms with Crippen LogP contribution in [-0.4, -0.2) is 49.2 Å². The number of ether oxygens (including phenoxy) is 2. The second-order valence-corrected chi connectivity index (χ2v) is 5.42. The summed E-state index contributed by atoms with van der Waals surface area (Å²) >= 11 is 0. The van der Waals surface area contributed by atoms with Crippen LogP contribution in [0.2, 0.25) is 0 Å². The van der Waals surface area contributed by atoms with E-state index in [9.17, 15) is 19.7 Å². The Morgan fingerprint density at radius 3 is 2.76 bits per heavy atom. The fraction of sp³-hybridized carbons (Fsp3) is 0.375. The number of urea groups is 1. The van der Waals surface area contributed by atoms with Gasteiger partial charge in [0.05, 0.1) is 23.1 Å². The van der Waals surface area contributed by atoms with Gasteiger partial charge in [0.15, 0.2) is 0 Å². The highest BCUT2D eigenvalue weighted by molar-refractivity contribution is 5.95. The number of nitrogens with zero attached hydrogens (tertiary/aromatic N) is 2. The number of carbonyl (C=O) groups is 2. The molecule has 1 aromatic carbocycles. The average Bonchev–Trinajstić information content (AvgIpc) is 2.59. The molecule has 0 spiro atoms. The Kier molecular flexibility index (Phi) is 5.71. The molecule has 0 bridgehead atoms. The number of hydrogen-bond acceptors (Lipinski definition) is 6. The van der Waals surface area contributed by atoms with E-state index >= 15 is 0 Å². The van der Waals surface area contributed by atoms with Crippen LogP contribution in [0.25, 0.3) is 0 Å². The van der Waals surface area contributed by atoms with Crippen molar-refractivity contribution in [2.75, 3.05) is 27.4 Å². The summed E-state index contributed by atoms with van der Waals surface area (Å²) in [6.07, 6.45) is 0. The Labute approximate surface area is 144 Å². The van der Waals surface area contributed by atoms with E-state index in [-0.39, 0.29) is 24.5 Å². The molecule has 25 heavy (non-hydrogen) atoms. The van der Waals surface area contributed by atoms with Crippen LogP contribution in [0.1, 0.15) is 18.5 Å². The molecular weight excluding hydrogens is 330 g/mol. The van der Waals surface area contributed by atoms with Gasteiger partial charge in [0, 0.05) is 32.0 Å². The van der Waals surface area contributed by atoms with Crippen molar-refractivity contribution in [3.05, 3.63) is 51.2 Å². The largest absolute Gasteiger partial charge is 0.460 e. The highest BCUT2D eigenvalue weighted by Gasteiger charge is 2.35. The van der Waals surface area contributed by atoms with Crippen LogP contribution in [0.4, 0.5) is 10.5 Å². The summed E-state index contributed by atoms with van der Waals surface area (Å²) in [5.41, 5.74) is 0.936. The van der Waals surface area contributed by atoms with E-state index in [0.717, 1.165) is 0 Å². The van der Waals surface area contributed by atoms with Gasteiger partial charge in [0.25, 0.3) is 5.69 Å². The SMILES string of the molecule is COCCOC(=O)C1=C(C)N(C)C(=O)N[C@@H]1c1cccc([N+](=O)[O-])c1. The molecular formula is C16H19N3O6. The van der Waals surface area contributed by atoms with E-state index in [1.807, 2.05) is 0 Å². The van der Waals surface area contributed by atoms with Crippen LogP contribution in [-0.2, 0) is 14.3 Å². The van der Waals surface area contributed by atoms with Crippen LogP contribution in [0.15, 0.2) is 35.5 Å². The van der Waals surface area contributed by atoms with Crippen LogP contribution in [0, 0.1) is 10.1 Å². The monoisotopic (exact) mass is 349 g/mol. The van der Waals surface area contributed by atoms with Gasteiger partial charge in [-0.2, -0.15) is 0 Å². The standard InChI is InChI=1S/C16H19N3O6/c1-10-13(15(20)25-8-7-24-3)14(17-16(21)18(10)2)11-5-4-6-12(9-11)19(22)23/h4-6,9,14H,7-8H2,1-3H3,(H,17,21)/t14-/m1/s1. The minimum atomic E-state index is -0.835. The van der Waals surface area contributed by atoms with Crippen LogP contribution in [0.3, 0.4) is 0 Å². The first-order chi connectivity index (χ1) is 11.9. The Balaban J connectivity index is 2.42. The van der Waals surface area contributed by atoms with Crippen molar-refractivity contribution in [2.45, 2.75) is 13.0 Å². The van der Waals surface area contributed by atoms with Crippen molar-refractivity contribution in [3.63, 3.8) is 0 Å². The normalized spacial score (nSPS) is 17.3. The Hall–Kier alpha value is -2.94. The maximum Gasteiger partial charge on any atom is 0.338 e. The van der Waals surface area contributed by atoms with Crippen molar-refractivity contribution >= 4 is 17.7 Å². The number of carbonyl (C=O) groups excluding carboxylic acids is 2. The van der Waals surface area contributed by atoms with E-state index in [1.54, 1.807) is 13.0 Å². The number of nitro groups is 1. The van der Waals surface area contributed by atoms with Gasteiger partial charge in [0.2, 0.25) is 0 Å². The predicted octanol–water partition coefficient (Wildman–Crippen LogP) is 1.75. The first kappa shape index (κ1) is 18.4. The summed E-state index contributed by atoms with van der Waals surface area (Å²) < 4.78 is 10.0. The number of methoxy groups -OCH3 is 1. The quantitative estimate of drug-likeness (QED) is 0.362. The lowest BCUT2D eigenvalue weighted by Gasteiger charge is -2.33. The molecule has 0 fully saturated rings. The summed E-state index contributed by atoms with van der Waals surface area (Å²) in [5, 5.41) is 13.7. The third-order valence-corrected chi connectivity index (χ3v) is 3.91. The van der Waals surface area contributed by atoms with E-state index < -0.39 is 23.0 Å². The summed E-state index contributed by atoms with van der Waals surface area (Å²) in [5.74, 6) is -0.613. The minimum absolute atomic E-state index is 0.0609. The fourth-order valence-electron chi connectivity index (χ4n) is 2.46. The van der Waals surface area contributed by atoms with Crippen LogP contribution < -0.4 is 5.32 Å². The van der Waals surface area contributed by atoms with Gasteiger partial charge in [0.1, 0.15) is 6.61 Å². The number of nitrogens with one attached hydrogen (secondary N) is 1. The van der Waals surface area contributed by atoms with Gasteiger partial charge < -0.3 is 19.7 Å². The Morgan fingerprint density at radius 1 is 1.40 bits per heavy atom. The average molecular weight is 349 g/mol. The number of non-ortho nitro benzene ring substituents is 1. The highest BCUT2D eigenvalue weighted by Crippen LogP contribution is 2.32. The molecule has 0 radical (unpaired) electrons. The van der Waals surface area contributed by atoms with E-state index in [1.165, 1.54) is 37.3 Å². The fourth-order valence-corrected chi connectivity index (χ4v) is 2.46. The second-order valence-electron chi connectivity index (χ2n) is 5.42. The van der Waals surface area contributed by atoms with Gasteiger partial charge in [-0.25, -0.2) is 9.59 Å². The van der Waals surface area contributed by atoms with Gasteiger partial charge >= 0.3 is 12.0 Å². The second kappa shape index (κ2) is 7.75. The first-order valence-corrected chi connectivity index (χ1v) is 7.52. The number of rotatable bonds is 6. The molecule has 9 heteroatoms. The topological polar surface area (TPSA) is 111 Å². The zero-order valence-corrected chi connectivity index (χ0v) is 14.1. The van der Waals surface area contributed by atoms with Crippen molar-refractivity contribution in [1.29, 1.82) is 0 Å². The maximum absolute atomic E-state index is 12.5. The molecule has 0 aliphatic carbocycles. The zero-order valence-electron chi connectivity index (χ0n) is 14.1. The Morgan fingerprint density at radius 2 is 2.12 bits per heavy atom. The molecule has 134 valence electrons. The van der Waals surface area contributed by atoms with Crippen LogP contribution in [0.5, 0.6) is 0 Å². The summed E-state index contributed by atoms with van der Waals surface area (Å²) in [7, 11) is 3.01. The van der Waals surface area contributed by atoms with E-state index in [2.05, 4.69) is 5.32 Å². The van der Waals surface area contributed by atoms with Gasteiger partial charge in [-0.05, 0) is 12.5 Å². The van der Waals surface area contributed by atoms with Crippen molar-refractivity contribution in [3.8, 4) is 0 Å². The molecule has 9 nitrogen and oxygen atoms in total. The number of nitro benzene ring substituents is 1.